The number of allylic oxidation sites excluding steroid dienone is 2. The van der Waals surface area contributed by atoms with Gasteiger partial charge in [-0.2, -0.15) is 0 Å². The van der Waals surface area contributed by atoms with Crippen molar-refractivity contribution in [3.63, 3.8) is 0 Å². The van der Waals surface area contributed by atoms with E-state index in [1.165, 1.54) is 32.9 Å². The van der Waals surface area contributed by atoms with Crippen LogP contribution in [0, 0.1) is 0 Å². The molecule has 1 nitrogen and oxygen atoms in total. The lowest BCUT2D eigenvalue weighted by Crippen LogP contribution is -1.86. The largest absolute Gasteiger partial charge is 0.344 e. The van der Waals surface area contributed by atoms with Gasteiger partial charge in [0.2, 0.25) is 0 Å². The molecule has 0 fully saturated rings. The van der Waals surface area contributed by atoms with E-state index in [0.29, 0.717) is 0 Å². The van der Waals surface area contributed by atoms with E-state index in [0.717, 1.165) is 0 Å². The third kappa shape index (κ3) is 2.24. The van der Waals surface area contributed by atoms with Gasteiger partial charge in [0, 0.05) is 28.9 Å². The molecule has 1 heterocycles. The zero-order chi connectivity index (χ0) is 14.7. The summed E-state index contributed by atoms with van der Waals surface area (Å²) in [7, 11) is 2.13. The Kier molecular flexibility index (Phi) is 4.29. The normalized spacial score (nSPS) is 11.6. The van der Waals surface area contributed by atoms with Crippen LogP contribution >= 0.6 is 0 Å². The fourth-order valence-corrected chi connectivity index (χ4v) is 2.58. The first-order chi connectivity index (χ1) is 9.72. The van der Waals surface area contributed by atoms with Gasteiger partial charge in [-0.25, -0.2) is 0 Å². The summed E-state index contributed by atoms with van der Waals surface area (Å²) in [6.07, 6.45) is 2.16. The Labute approximate surface area is 121 Å². The highest BCUT2D eigenvalue weighted by molar-refractivity contribution is 6.08. The van der Waals surface area contributed by atoms with E-state index in [-0.39, 0.29) is 0 Å². The monoisotopic (exact) mass is 265 g/mol. The van der Waals surface area contributed by atoms with E-state index in [2.05, 4.69) is 74.0 Å². The first-order valence-corrected chi connectivity index (χ1v) is 7.33. The summed E-state index contributed by atoms with van der Waals surface area (Å²) in [4.78, 5) is 0. The van der Waals surface area contributed by atoms with Crippen molar-refractivity contribution in [1.29, 1.82) is 0 Å². The molecular weight excluding hydrogens is 242 g/mol. The average molecular weight is 265 g/mol. The number of hydrogen-bond acceptors (Lipinski definition) is 0. The van der Waals surface area contributed by atoms with Crippen LogP contribution in [-0.2, 0) is 7.05 Å². The van der Waals surface area contributed by atoms with Crippen molar-refractivity contribution in [2.45, 2.75) is 27.7 Å². The number of rotatable bonds is 1. The van der Waals surface area contributed by atoms with E-state index in [1.54, 1.807) is 0 Å². The van der Waals surface area contributed by atoms with Gasteiger partial charge in [-0.3, -0.25) is 0 Å². The Balaban J connectivity index is 0.000000704. The molecule has 0 amide bonds. The lowest BCUT2D eigenvalue weighted by Gasteiger charge is -2.02. The molecule has 0 bridgehead atoms. The predicted molar refractivity (Wildman–Crippen MR) is 91.1 cm³/mol. The van der Waals surface area contributed by atoms with Crippen molar-refractivity contribution in [3.8, 4) is 0 Å². The second kappa shape index (κ2) is 5.96. The number of aromatic nitrogens is 1. The summed E-state index contributed by atoms with van der Waals surface area (Å²) in [5.41, 5.74) is 5.22. The van der Waals surface area contributed by atoms with Crippen LogP contribution in [0.4, 0.5) is 0 Å². The molecule has 0 aliphatic carbocycles. The second-order valence-electron chi connectivity index (χ2n) is 4.78. The SMILES string of the molecule is C/C=C(\C)c1ccc2c(c1)c1ccccc1n2C.CC. The van der Waals surface area contributed by atoms with E-state index >= 15 is 0 Å². The topological polar surface area (TPSA) is 4.93 Å². The molecule has 0 saturated heterocycles. The van der Waals surface area contributed by atoms with Crippen molar-refractivity contribution < 1.29 is 0 Å². The smallest absolute Gasteiger partial charge is 0.0489 e. The highest BCUT2D eigenvalue weighted by Crippen LogP contribution is 2.30. The number of fused-ring (bicyclic) bond motifs is 3. The van der Waals surface area contributed by atoms with E-state index < -0.39 is 0 Å². The molecule has 1 aromatic heterocycles. The number of aryl methyl sites for hydroxylation is 1. The number of hydrogen-bond donors (Lipinski definition) is 0. The lowest BCUT2D eigenvalue weighted by atomic mass is 10.0. The number of benzene rings is 2. The van der Waals surface area contributed by atoms with Gasteiger partial charge in [-0.05, 0) is 43.2 Å². The molecule has 0 aliphatic rings. The molecule has 0 saturated carbocycles. The summed E-state index contributed by atoms with van der Waals surface area (Å²) >= 11 is 0. The summed E-state index contributed by atoms with van der Waals surface area (Å²) < 4.78 is 2.26. The molecule has 20 heavy (non-hydrogen) atoms. The quantitative estimate of drug-likeness (QED) is 0.525. The maximum absolute atomic E-state index is 2.30. The molecule has 1 heteroatoms. The first kappa shape index (κ1) is 14.4. The highest BCUT2D eigenvalue weighted by atomic mass is 14.9. The van der Waals surface area contributed by atoms with Crippen LogP contribution in [0.2, 0.25) is 0 Å². The van der Waals surface area contributed by atoms with Crippen molar-refractivity contribution in [1.82, 2.24) is 4.57 Å². The maximum atomic E-state index is 2.30. The average Bonchev–Trinajstić information content (AvgIpc) is 2.82. The van der Waals surface area contributed by atoms with Crippen molar-refractivity contribution in [2.24, 2.45) is 7.05 Å². The molecule has 0 aliphatic heterocycles. The minimum atomic E-state index is 1.29. The lowest BCUT2D eigenvalue weighted by molar-refractivity contribution is 1.01. The van der Waals surface area contributed by atoms with Crippen molar-refractivity contribution >= 4 is 27.4 Å². The van der Waals surface area contributed by atoms with Gasteiger partial charge in [0.25, 0.3) is 0 Å². The fourth-order valence-electron chi connectivity index (χ4n) is 2.58. The van der Waals surface area contributed by atoms with E-state index in [1.807, 2.05) is 13.8 Å². The zero-order valence-electron chi connectivity index (χ0n) is 13.1. The summed E-state index contributed by atoms with van der Waals surface area (Å²) in [6.45, 7) is 8.24. The molecule has 3 rings (SSSR count). The fraction of sp³-hybridized carbons (Fsp3) is 0.263. The molecule has 104 valence electrons. The second-order valence-corrected chi connectivity index (χ2v) is 4.78. The molecule has 0 radical (unpaired) electrons. The Bertz CT molecular complexity index is 760. The highest BCUT2D eigenvalue weighted by Gasteiger charge is 2.08. The molecule has 0 N–H and O–H groups in total. The maximum Gasteiger partial charge on any atom is 0.0489 e. The Morgan fingerprint density at radius 3 is 2.30 bits per heavy atom. The molecule has 0 atom stereocenters. The van der Waals surface area contributed by atoms with Gasteiger partial charge in [0.1, 0.15) is 0 Å². The van der Waals surface area contributed by atoms with Gasteiger partial charge in [0.05, 0.1) is 0 Å². The first-order valence-electron chi connectivity index (χ1n) is 7.33. The summed E-state index contributed by atoms with van der Waals surface area (Å²) in [5.74, 6) is 0. The van der Waals surface area contributed by atoms with Crippen LogP contribution < -0.4 is 0 Å². The molecule has 0 unspecified atom stereocenters. The predicted octanol–water partition coefficient (Wildman–Crippen LogP) is 5.78. The number of para-hydroxylation sites is 1. The van der Waals surface area contributed by atoms with Gasteiger partial charge in [-0.1, -0.05) is 44.2 Å². The van der Waals surface area contributed by atoms with Gasteiger partial charge in [-0.15, -0.1) is 0 Å². The third-order valence-electron chi connectivity index (χ3n) is 3.80. The van der Waals surface area contributed by atoms with Gasteiger partial charge < -0.3 is 4.57 Å². The van der Waals surface area contributed by atoms with Gasteiger partial charge >= 0.3 is 0 Å². The van der Waals surface area contributed by atoms with Crippen molar-refractivity contribution in [3.05, 3.63) is 54.1 Å². The van der Waals surface area contributed by atoms with Crippen LogP contribution in [0.1, 0.15) is 33.3 Å². The Hall–Kier alpha value is -2.02. The van der Waals surface area contributed by atoms with Crippen molar-refractivity contribution in [2.75, 3.05) is 0 Å². The summed E-state index contributed by atoms with van der Waals surface area (Å²) in [5, 5.41) is 2.67. The minimum Gasteiger partial charge on any atom is -0.344 e. The molecule has 2 aromatic carbocycles. The molecule has 0 spiro atoms. The van der Waals surface area contributed by atoms with E-state index in [9.17, 15) is 0 Å². The number of nitrogens with zero attached hydrogens (tertiary/aromatic N) is 1. The summed E-state index contributed by atoms with van der Waals surface area (Å²) in [6, 6.07) is 15.3. The van der Waals surface area contributed by atoms with Crippen LogP contribution in [0.3, 0.4) is 0 Å². The Morgan fingerprint density at radius 1 is 0.950 bits per heavy atom. The van der Waals surface area contributed by atoms with Crippen LogP contribution in [0.5, 0.6) is 0 Å². The van der Waals surface area contributed by atoms with Crippen LogP contribution in [0.25, 0.3) is 27.4 Å². The van der Waals surface area contributed by atoms with E-state index in [4.69, 9.17) is 0 Å². The Morgan fingerprint density at radius 2 is 1.60 bits per heavy atom. The van der Waals surface area contributed by atoms with Gasteiger partial charge in [0.15, 0.2) is 0 Å². The van der Waals surface area contributed by atoms with Crippen LogP contribution in [-0.4, -0.2) is 4.57 Å². The van der Waals surface area contributed by atoms with Crippen LogP contribution in [0.15, 0.2) is 48.5 Å². The molecular formula is C19H23N. The third-order valence-corrected chi connectivity index (χ3v) is 3.80. The molecule has 3 aromatic rings. The standard InChI is InChI=1S/C17H17N.C2H6/c1-4-12(2)13-9-10-17-15(11-13)14-7-5-6-8-16(14)18(17)3;1-2/h4-11H,1-3H3;1-2H3/b12-4+;. The minimum absolute atomic E-state index is 1.29. The zero-order valence-corrected chi connectivity index (χ0v) is 13.1.